The smallest absolute Gasteiger partial charge is 0.249 e. The van der Waals surface area contributed by atoms with E-state index < -0.39 is 0 Å². The van der Waals surface area contributed by atoms with Crippen LogP contribution in [0, 0.1) is 11.3 Å². The first-order chi connectivity index (χ1) is 9.54. The van der Waals surface area contributed by atoms with Gasteiger partial charge in [-0.05, 0) is 43.4 Å². The van der Waals surface area contributed by atoms with Crippen LogP contribution >= 0.6 is 12.4 Å². The normalized spacial score (nSPS) is 27.6. The number of amides is 1. The summed E-state index contributed by atoms with van der Waals surface area (Å²) in [5.41, 5.74) is 5.92. The molecule has 2 fully saturated rings. The van der Waals surface area contributed by atoms with Crippen molar-refractivity contribution < 1.29 is 9.53 Å². The summed E-state index contributed by atoms with van der Waals surface area (Å²) in [5.74, 6) is 0.755. The van der Waals surface area contributed by atoms with E-state index in [2.05, 4.69) is 19.2 Å². The summed E-state index contributed by atoms with van der Waals surface area (Å²) in [4.78, 5) is 12.2. The Labute approximate surface area is 135 Å². The molecule has 1 amide bonds. The zero-order valence-corrected chi connectivity index (χ0v) is 14.2. The summed E-state index contributed by atoms with van der Waals surface area (Å²) in [6.07, 6.45) is 7.84. The van der Waals surface area contributed by atoms with E-state index in [1.165, 1.54) is 32.1 Å². The molecule has 1 heterocycles. The second-order valence-corrected chi connectivity index (χ2v) is 7.08. The number of hydrogen-bond donors (Lipinski definition) is 2. The lowest BCUT2D eigenvalue weighted by atomic mass is 9.78. The number of nitrogens with two attached hydrogens (primary N) is 1. The maximum Gasteiger partial charge on any atom is 0.249 e. The fourth-order valence-corrected chi connectivity index (χ4v) is 3.90. The average Bonchev–Trinajstić information content (AvgIpc) is 3.04. The minimum Gasteiger partial charge on any atom is -0.364 e. The monoisotopic (exact) mass is 318 g/mol. The number of hydrogen-bond acceptors (Lipinski definition) is 3. The molecule has 0 bridgehead atoms. The maximum absolute atomic E-state index is 12.2. The van der Waals surface area contributed by atoms with E-state index >= 15 is 0 Å². The number of carbonyl (C=O) groups is 1. The van der Waals surface area contributed by atoms with Crippen molar-refractivity contribution in [2.45, 2.75) is 71.0 Å². The molecule has 3 N–H and O–H groups in total. The van der Waals surface area contributed by atoms with Gasteiger partial charge in [-0.3, -0.25) is 4.79 Å². The van der Waals surface area contributed by atoms with Gasteiger partial charge in [-0.1, -0.05) is 26.7 Å². The van der Waals surface area contributed by atoms with Gasteiger partial charge in [0, 0.05) is 13.1 Å². The molecule has 2 rings (SSSR count). The Bertz CT molecular complexity index is 330. The molecule has 5 heteroatoms. The first-order valence-corrected chi connectivity index (χ1v) is 8.18. The summed E-state index contributed by atoms with van der Waals surface area (Å²) in [7, 11) is 0. The van der Waals surface area contributed by atoms with Gasteiger partial charge in [0.15, 0.2) is 0 Å². The molecule has 1 saturated carbocycles. The molecule has 0 aromatic heterocycles. The quantitative estimate of drug-likeness (QED) is 0.791. The molecule has 0 aromatic carbocycles. The predicted octanol–water partition coefficient (Wildman–Crippen LogP) is 2.64. The molecule has 0 spiro atoms. The van der Waals surface area contributed by atoms with E-state index in [1.807, 2.05) is 0 Å². The molecular weight excluding hydrogens is 288 g/mol. The van der Waals surface area contributed by atoms with Gasteiger partial charge in [-0.15, -0.1) is 12.4 Å². The zero-order valence-electron chi connectivity index (χ0n) is 13.4. The molecule has 2 atom stereocenters. The van der Waals surface area contributed by atoms with Crippen LogP contribution in [-0.4, -0.2) is 31.2 Å². The third kappa shape index (κ3) is 5.11. The van der Waals surface area contributed by atoms with Gasteiger partial charge in [0.05, 0.1) is 6.10 Å². The molecular formula is C16H31ClN2O2. The van der Waals surface area contributed by atoms with Crippen LogP contribution in [0.15, 0.2) is 0 Å². The number of halogens is 1. The van der Waals surface area contributed by atoms with Crippen LogP contribution in [0.4, 0.5) is 0 Å². The van der Waals surface area contributed by atoms with Crippen molar-refractivity contribution in [3.8, 4) is 0 Å². The van der Waals surface area contributed by atoms with Crippen molar-refractivity contribution in [1.29, 1.82) is 0 Å². The van der Waals surface area contributed by atoms with E-state index in [1.54, 1.807) is 0 Å². The highest BCUT2D eigenvalue weighted by molar-refractivity contribution is 5.85. The van der Waals surface area contributed by atoms with Gasteiger partial charge >= 0.3 is 0 Å². The first kappa shape index (κ1) is 18.7. The summed E-state index contributed by atoms with van der Waals surface area (Å²) in [6, 6.07) is 0. The Hall–Kier alpha value is -0.320. The maximum atomic E-state index is 12.2. The van der Waals surface area contributed by atoms with E-state index in [-0.39, 0.29) is 30.5 Å². The highest BCUT2D eigenvalue weighted by Gasteiger charge is 2.36. The Morgan fingerprint density at radius 1 is 1.33 bits per heavy atom. The fraction of sp³-hybridized carbons (Fsp3) is 0.938. The fourth-order valence-electron chi connectivity index (χ4n) is 3.90. The summed E-state index contributed by atoms with van der Waals surface area (Å²) in [6.45, 7) is 5.87. The van der Waals surface area contributed by atoms with Crippen molar-refractivity contribution in [2.24, 2.45) is 17.1 Å². The van der Waals surface area contributed by atoms with E-state index in [4.69, 9.17) is 10.5 Å². The summed E-state index contributed by atoms with van der Waals surface area (Å²) >= 11 is 0. The third-order valence-electron chi connectivity index (χ3n) is 4.81. The van der Waals surface area contributed by atoms with E-state index in [0.717, 1.165) is 19.4 Å². The Morgan fingerprint density at radius 3 is 2.52 bits per heavy atom. The van der Waals surface area contributed by atoms with Crippen LogP contribution < -0.4 is 11.1 Å². The molecule has 2 aliphatic rings. The van der Waals surface area contributed by atoms with Crippen LogP contribution in [0.25, 0.3) is 0 Å². The lowest BCUT2D eigenvalue weighted by Crippen LogP contribution is -2.42. The number of ether oxygens (including phenoxy) is 1. The Morgan fingerprint density at radius 2 is 2.00 bits per heavy atom. The van der Waals surface area contributed by atoms with Crippen LogP contribution in [0.1, 0.15) is 58.8 Å². The molecule has 0 unspecified atom stereocenters. The third-order valence-corrected chi connectivity index (χ3v) is 4.81. The number of carbonyl (C=O) groups excluding carboxylic acids is 1. The second-order valence-electron chi connectivity index (χ2n) is 7.08. The standard InChI is InChI=1S/C16H30N2O2.ClH/c1-12(2)9-16(7-3-4-8-16)11-18-15(19)14-6-5-13(10-17)20-14;/h12-14H,3-11,17H2,1-2H3,(H,18,19);1H/t13-,14+;/m1./s1. The highest BCUT2D eigenvalue weighted by atomic mass is 35.5. The van der Waals surface area contributed by atoms with E-state index in [0.29, 0.717) is 17.9 Å². The van der Waals surface area contributed by atoms with Crippen LogP contribution in [0.2, 0.25) is 0 Å². The minimum atomic E-state index is -0.277. The zero-order chi connectivity index (χ0) is 14.6. The molecule has 0 aromatic rings. The van der Waals surface area contributed by atoms with E-state index in [9.17, 15) is 4.79 Å². The van der Waals surface area contributed by atoms with Gasteiger partial charge < -0.3 is 15.8 Å². The van der Waals surface area contributed by atoms with Crippen molar-refractivity contribution in [1.82, 2.24) is 5.32 Å². The molecule has 1 aliphatic carbocycles. The summed E-state index contributed by atoms with van der Waals surface area (Å²) < 4.78 is 5.66. The van der Waals surface area contributed by atoms with Crippen LogP contribution in [-0.2, 0) is 9.53 Å². The largest absolute Gasteiger partial charge is 0.364 e. The lowest BCUT2D eigenvalue weighted by Gasteiger charge is -2.31. The molecule has 124 valence electrons. The number of rotatable bonds is 6. The van der Waals surface area contributed by atoms with Crippen LogP contribution in [0.3, 0.4) is 0 Å². The topological polar surface area (TPSA) is 64.4 Å². The van der Waals surface area contributed by atoms with Crippen molar-refractivity contribution in [3.05, 3.63) is 0 Å². The molecule has 1 saturated heterocycles. The lowest BCUT2D eigenvalue weighted by molar-refractivity contribution is -0.132. The SMILES string of the molecule is CC(C)CC1(CNC(=O)[C@@H]2CC[C@H](CN)O2)CCCC1.Cl. The van der Waals surface area contributed by atoms with Crippen LogP contribution in [0.5, 0.6) is 0 Å². The Balaban J connectivity index is 0.00000220. The van der Waals surface area contributed by atoms with Crippen molar-refractivity contribution in [3.63, 3.8) is 0 Å². The Kier molecular flexibility index (Phi) is 7.45. The summed E-state index contributed by atoms with van der Waals surface area (Å²) in [5, 5.41) is 3.15. The number of nitrogens with one attached hydrogen (secondary N) is 1. The average molecular weight is 319 g/mol. The first-order valence-electron chi connectivity index (χ1n) is 8.18. The van der Waals surface area contributed by atoms with Gasteiger partial charge in [0.1, 0.15) is 6.10 Å². The van der Waals surface area contributed by atoms with Gasteiger partial charge in [-0.25, -0.2) is 0 Å². The molecule has 0 radical (unpaired) electrons. The van der Waals surface area contributed by atoms with Crippen molar-refractivity contribution >= 4 is 18.3 Å². The molecule has 21 heavy (non-hydrogen) atoms. The van der Waals surface area contributed by atoms with Gasteiger partial charge in [-0.2, -0.15) is 0 Å². The molecule has 4 nitrogen and oxygen atoms in total. The van der Waals surface area contributed by atoms with Crippen molar-refractivity contribution in [2.75, 3.05) is 13.1 Å². The van der Waals surface area contributed by atoms with Gasteiger partial charge in [0.2, 0.25) is 5.91 Å². The second kappa shape index (κ2) is 8.35. The molecule has 1 aliphatic heterocycles. The minimum absolute atomic E-state index is 0. The highest BCUT2D eigenvalue weighted by Crippen LogP contribution is 2.42. The predicted molar refractivity (Wildman–Crippen MR) is 87.6 cm³/mol. The van der Waals surface area contributed by atoms with Gasteiger partial charge in [0.25, 0.3) is 0 Å².